The van der Waals surface area contributed by atoms with E-state index in [1.54, 1.807) is 0 Å². The second-order valence-corrected chi connectivity index (χ2v) is 4.19. The normalized spacial score (nSPS) is 18.2. The minimum Gasteiger partial charge on any atom is -0.481 e. The van der Waals surface area contributed by atoms with Gasteiger partial charge in [-0.25, -0.2) is 4.79 Å². The summed E-state index contributed by atoms with van der Waals surface area (Å²) >= 11 is 0. The van der Waals surface area contributed by atoms with Gasteiger partial charge in [-0.2, -0.15) is 0 Å². The lowest BCUT2D eigenvalue weighted by Crippen LogP contribution is -2.47. The monoisotopic (exact) mass is 232 g/mol. The molecule has 6 nitrogen and oxygen atoms in total. The van der Waals surface area contributed by atoms with Gasteiger partial charge < -0.3 is 20.4 Å². The summed E-state index contributed by atoms with van der Waals surface area (Å²) in [6.45, 7) is 5.77. The van der Waals surface area contributed by atoms with Crippen molar-refractivity contribution < 1.29 is 30.0 Å². The van der Waals surface area contributed by atoms with E-state index in [2.05, 4.69) is 6.58 Å². The Morgan fingerprint density at radius 3 is 1.94 bits per heavy atom. The Kier molecular flexibility index (Phi) is 4.22. The second-order valence-electron chi connectivity index (χ2n) is 4.19. The van der Waals surface area contributed by atoms with Gasteiger partial charge >= 0.3 is 11.9 Å². The first-order valence-corrected chi connectivity index (χ1v) is 4.57. The summed E-state index contributed by atoms with van der Waals surface area (Å²) < 4.78 is 0. The van der Waals surface area contributed by atoms with E-state index >= 15 is 0 Å². The predicted molar refractivity (Wildman–Crippen MR) is 54.9 cm³/mol. The molecule has 92 valence electrons. The van der Waals surface area contributed by atoms with E-state index in [-0.39, 0.29) is 5.57 Å². The fraction of sp³-hybridized carbons (Fsp3) is 0.600. The molecule has 0 aromatic carbocycles. The average Bonchev–Trinajstić information content (AvgIpc) is 1.99. The van der Waals surface area contributed by atoms with Crippen LogP contribution in [0.5, 0.6) is 0 Å². The molecule has 0 aliphatic carbocycles. The predicted octanol–water partition coefficient (Wildman–Crippen LogP) is -0.00600. The molecule has 4 N–H and O–H groups in total. The van der Waals surface area contributed by atoms with Gasteiger partial charge in [0, 0.05) is 6.42 Å². The Balaban J connectivity index is 4.97. The zero-order valence-electron chi connectivity index (χ0n) is 9.23. The van der Waals surface area contributed by atoms with Crippen LogP contribution in [0.4, 0.5) is 0 Å². The molecular formula is C10H16O6. The van der Waals surface area contributed by atoms with Crippen molar-refractivity contribution in [2.24, 2.45) is 0 Å². The van der Waals surface area contributed by atoms with E-state index in [1.807, 2.05) is 0 Å². The van der Waals surface area contributed by atoms with Crippen molar-refractivity contribution in [1.82, 2.24) is 0 Å². The number of rotatable bonds is 6. The number of hydrogen-bond acceptors (Lipinski definition) is 4. The Morgan fingerprint density at radius 1 is 1.25 bits per heavy atom. The highest BCUT2D eigenvalue weighted by Gasteiger charge is 2.43. The van der Waals surface area contributed by atoms with Crippen LogP contribution in [0.1, 0.15) is 26.7 Å². The van der Waals surface area contributed by atoms with Gasteiger partial charge in [0.15, 0.2) is 5.60 Å². The molecule has 0 aliphatic rings. The Labute approximate surface area is 92.8 Å². The van der Waals surface area contributed by atoms with E-state index in [4.69, 9.17) is 10.2 Å². The average molecular weight is 232 g/mol. The van der Waals surface area contributed by atoms with Crippen molar-refractivity contribution in [2.75, 3.05) is 0 Å². The molecule has 0 aromatic heterocycles. The highest BCUT2D eigenvalue weighted by Crippen LogP contribution is 2.29. The molecular weight excluding hydrogens is 216 g/mol. The zero-order chi connectivity index (χ0) is 13.1. The lowest BCUT2D eigenvalue weighted by atomic mass is 9.82. The molecule has 0 amide bonds. The third-order valence-electron chi connectivity index (χ3n) is 2.23. The molecule has 0 aliphatic heterocycles. The van der Waals surface area contributed by atoms with Gasteiger partial charge in [-0.3, -0.25) is 4.79 Å². The molecule has 0 rings (SSSR count). The lowest BCUT2D eigenvalue weighted by molar-refractivity contribution is -0.162. The lowest BCUT2D eigenvalue weighted by Gasteiger charge is -2.31. The number of carbonyl (C=O) groups is 2. The van der Waals surface area contributed by atoms with Gasteiger partial charge in [-0.15, -0.1) is 0 Å². The minimum absolute atomic E-state index is 0.0642. The summed E-state index contributed by atoms with van der Waals surface area (Å²) in [5.74, 6) is -2.84. The Hall–Kier alpha value is -1.40. The number of carboxylic acids is 2. The van der Waals surface area contributed by atoms with Crippen LogP contribution in [-0.2, 0) is 9.59 Å². The first-order chi connectivity index (χ1) is 7.01. The molecule has 0 spiro atoms. The minimum atomic E-state index is -2.32. The SMILES string of the molecule is C=C(C)C(O)(CC(C)(O)CC(=O)O)C(=O)O. The molecule has 16 heavy (non-hydrogen) atoms. The Morgan fingerprint density at radius 2 is 1.69 bits per heavy atom. The highest BCUT2D eigenvalue weighted by molar-refractivity contribution is 5.81. The van der Waals surface area contributed by atoms with Crippen LogP contribution >= 0.6 is 0 Å². The second kappa shape index (κ2) is 4.63. The molecule has 2 atom stereocenters. The molecule has 0 heterocycles. The van der Waals surface area contributed by atoms with Gasteiger partial charge in [0.2, 0.25) is 0 Å². The summed E-state index contributed by atoms with van der Waals surface area (Å²) in [4.78, 5) is 21.3. The van der Waals surface area contributed by atoms with Crippen LogP contribution in [0, 0.1) is 0 Å². The molecule has 2 unspecified atom stereocenters. The van der Waals surface area contributed by atoms with Gasteiger partial charge in [0.1, 0.15) is 0 Å². The number of aliphatic carboxylic acids is 2. The fourth-order valence-electron chi connectivity index (χ4n) is 1.35. The summed E-state index contributed by atoms with van der Waals surface area (Å²) in [5.41, 5.74) is -4.21. The van der Waals surface area contributed by atoms with Crippen LogP contribution in [0.25, 0.3) is 0 Å². The van der Waals surface area contributed by atoms with E-state index in [0.29, 0.717) is 0 Å². The third-order valence-corrected chi connectivity index (χ3v) is 2.23. The smallest absolute Gasteiger partial charge is 0.340 e. The highest BCUT2D eigenvalue weighted by atomic mass is 16.4. The third kappa shape index (κ3) is 3.63. The summed E-state index contributed by atoms with van der Waals surface area (Å²) in [6, 6.07) is 0. The van der Waals surface area contributed by atoms with Crippen LogP contribution in [0.15, 0.2) is 12.2 Å². The summed E-state index contributed by atoms with van der Waals surface area (Å²) in [5, 5.41) is 36.8. The van der Waals surface area contributed by atoms with Crippen molar-refractivity contribution in [3.63, 3.8) is 0 Å². The zero-order valence-corrected chi connectivity index (χ0v) is 9.23. The van der Waals surface area contributed by atoms with Gasteiger partial charge in [0.05, 0.1) is 12.0 Å². The molecule has 0 fully saturated rings. The molecule has 0 aromatic rings. The standard InChI is InChI=1S/C10H16O6/c1-6(2)10(16,8(13)14)5-9(3,15)4-7(11)12/h15-16H,1,4-5H2,2-3H3,(H,11,12)(H,13,14). The topological polar surface area (TPSA) is 115 Å². The first kappa shape index (κ1) is 14.6. The van der Waals surface area contributed by atoms with Gasteiger partial charge in [0.25, 0.3) is 0 Å². The number of carboxylic acid groups (broad SMARTS) is 2. The van der Waals surface area contributed by atoms with Crippen LogP contribution in [-0.4, -0.2) is 43.6 Å². The van der Waals surface area contributed by atoms with E-state index in [9.17, 15) is 19.8 Å². The maximum Gasteiger partial charge on any atom is 0.340 e. The van der Waals surface area contributed by atoms with E-state index in [0.717, 1.165) is 6.92 Å². The molecule has 0 saturated heterocycles. The summed E-state index contributed by atoms with van der Waals surface area (Å²) in [7, 11) is 0. The van der Waals surface area contributed by atoms with Crippen molar-refractivity contribution in [3.8, 4) is 0 Å². The van der Waals surface area contributed by atoms with E-state index < -0.39 is 36.0 Å². The van der Waals surface area contributed by atoms with Gasteiger partial charge in [-0.1, -0.05) is 6.58 Å². The van der Waals surface area contributed by atoms with Crippen molar-refractivity contribution in [1.29, 1.82) is 0 Å². The van der Waals surface area contributed by atoms with Crippen LogP contribution in [0.3, 0.4) is 0 Å². The fourth-order valence-corrected chi connectivity index (χ4v) is 1.35. The van der Waals surface area contributed by atoms with E-state index in [1.165, 1.54) is 6.92 Å². The molecule has 0 saturated carbocycles. The Bertz CT molecular complexity index is 303. The molecule has 0 bridgehead atoms. The van der Waals surface area contributed by atoms with Crippen LogP contribution < -0.4 is 0 Å². The quantitative estimate of drug-likeness (QED) is 0.479. The maximum atomic E-state index is 10.9. The van der Waals surface area contributed by atoms with Crippen molar-refractivity contribution >= 4 is 11.9 Å². The summed E-state index contributed by atoms with van der Waals surface area (Å²) in [6.07, 6.45) is -1.28. The maximum absolute atomic E-state index is 10.9. The largest absolute Gasteiger partial charge is 0.481 e. The number of aliphatic hydroxyl groups is 2. The van der Waals surface area contributed by atoms with Crippen molar-refractivity contribution in [2.45, 2.75) is 37.9 Å². The number of hydrogen-bond donors (Lipinski definition) is 4. The first-order valence-electron chi connectivity index (χ1n) is 4.57. The van der Waals surface area contributed by atoms with Crippen molar-refractivity contribution in [3.05, 3.63) is 12.2 Å². The molecule has 6 heteroatoms. The molecule has 0 radical (unpaired) electrons. The van der Waals surface area contributed by atoms with Gasteiger partial charge in [-0.05, 0) is 19.4 Å². The van der Waals surface area contributed by atoms with Crippen LogP contribution in [0.2, 0.25) is 0 Å².